The van der Waals surface area contributed by atoms with Crippen LogP contribution < -0.4 is 0 Å². The molecular weight excluding hydrogens is 159 g/mol. The topological polar surface area (TPSA) is 0 Å². The zero-order valence-corrected chi connectivity index (χ0v) is 8.97. The van der Waals surface area contributed by atoms with Crippen molar-refractivity contribution in [2.24, 2.45) is 0 Å². The summed E-state index contributed by atoms with van der Waals surface area (Å²) in [6.45, 7) is 6.85. The van der Waals surface area contributed by atoms with E-state index in [1.165, 1.54) is 24.3 Å². The molecule has 0 aromatic heterocycles. The molecule has 0 aliphatic heterocycles. The van der Waals surface area contributed by atoms with Gasteiger partial charge in [-0.05, 0) is 12.2 Å². The van der Waals surface area contributed by atoms with Gasteiger partial charge in [-0.2, -0.15) is 11.8 Å². The van der Waals surface area contributed by atoms with Crippen LogP contribution in [0.25, 0.3) is 0 Å². The first-order valence-corrected chi connectivity index (χ1v) is 7.31. The van der Waals surface area contributed by atoms with Crippen molar-refractivity contribution in [2.45, 2.75) is 19.8 Å². The third-order valence-corrected chi connectivity index (χ3v) is 3.34. The van der Waals surface area contributed by atoms with Crippen molar-refractivity contribution in [3.63, 3.8) is 0 Å². The molecule has 0 amide bonds. The minimum Gasteiger partial charge on any atom is -0.154 e. The molecule has 0 radical (unpaired) electrons. The van der Waals surface area contributed by atoms with Gasteiger partial charge in [-0.1, -0.05) is 13.3 Å². The number of rotatable bonds is 5. The Kier molecular flexibility index (Phi) is 8.02. The van der Waals surface area contributed by atoms with E-state index < -0.39 is 0 Å². The molecule has 0 saturated carbocycles. The highest BCUT2D eigenvalue weighted by Crippen LogP contribution is 2.10. The maximum Gasteiger partial charge on any atom is 0.0954 e. The van der Waals surface area contributed by atoms with E-state index in [1.54, 1.807) is 0 Å². The van der Waals surface area contributed by atoms with Crippen LogP contribution in [0.4, 0.5) is 0 Å². The van der Waals surface area contributed by atoms with E-state index in [-0.39, 0.29) is 7.55 Å². The average molecular weight is 177 g/mol. The SMILES string of the molecule is CCCCSCC=[P+](C)C. The molecule has 10 heavy (non-hydrogen) atoms. The van der Waals surface area contributed by atoms with Gasteiger partial charge in [-0.3, -0.25) is 0 Å². The van der Waals surface area contributed by atoms with Crippen molar-refractivity contribution >= 4 is 25.1 Å². The van der Waals surface area contributed by atoms with E-state index in [0.29, 0.717) is 0 Å². The molecule has 0 aliphatic carbocycles. The summed E-state index contributed by atoms with van der Waals surface area (Å²) >= 11 is 2.07. The fourth-order valence-corrected chi connectivity index (χ4v) is 2.81. The van der Waals surface area contributed by atoms with Crippen LogP contribution in [0.5, 0.6) is 0 Å². The summed E-state index contributed by atoms with van der Waals surface area (Å²) < 4.78 is 0. The van der Waals surface area contributed by atoms with E-state index in [0.717, 1.165) is 0 Å². The fraction of sp³-hybridized carbons (Fsp3) is 0.875. The summed E-state index contributed by atoms with van der Waals surface area (Å²) in [5.41, 5.74) is 0. The van der Waals surface area contributed by atoms with Crippen LogP contribution in [0, 0.1) is 0 Å². The molecule has 0 atom stereocenters. The molecule has 0 aromatic rings. The zero-order valence-electron chi connectivity index (χ0n) is 7.26. The van der Waals surface area contributed by atoms with Gasteiger partial charge < -0.3 is 0 Å². The van der Waals surface area contributed by atoms with Crippen molar-refractivity contribution in [2.75, 3.05) is 24.8 Å². The smallest absolute Gasteiger partial charge is 0.0954 e. The summed E-state index contributed by atoms with van der Waals surface area (Å²) in [6, 6.07) is 0. The molecule has 0 N–H and O–H groups in total. The highest BCUT2D eigenvalue weighted by molar-refractivity contribution is 8.00. The van der Waals surface area contributed by atoms with Crippen molar-refractivity contribution in [3.05, 3.63) is 0 Å². The molecule has 0 nitrogen and oxygen atoms in total. The molecule has 2 heteroatoms. The van der Waals surface area contributed by atoms with Gasteiger partial charge in [0, 0.05) is 0 Å². The molecule has 0 aliphatic rings. The third-order valence-electron chi connectivity index (χ3n) is 1.20. The van der Waals surface area contributed by atoms with Crippen LogP contribution in [-0.2, 0) is 0 Å². The Morgan fingerprint density at radius 2 is 2.10 bits per heavy atom. The Bertz CT molecular complexity index is 95.4. The second-order valence-electron chi connectivity index (χ2n) is 2.57. The highest BCUT2D eigenvalue weighted by atomic mass is 32.2. The molecule has 0 heterocycles. The molecule has 0 unspecified atom stereocenters. The maximum absolute atomic E-state index is 2.44. The van der Waals surface area contributed by atoms with Gasteiger partial charge in [0.1, 0.15) is 0 Å². The molecule has 0 rings (SSSR count). The summed E-state index contributed by atoms with van der Waals surface area (Å²) in [5.74, 6) is 5.05. The minimum atomic E-state index is 0.233. The molecule has 0 bridgehead atoms. The van der Waals surface area contributed by atoms with E-state index in [2.05, 4.69) is 37.8 Å². The number of hydrogen-bond donors (Lipinski definition) is 0. The Labute approximate surface area is 70.2 Å². The standard InChI is InChI=1S/C8H18PS/c1-4-5-7-10-8-6-9(2)3/h6H,4-5,7-8H2,1-3H3/q+1. The summed E-state index contributed by atoms with van der Waals surface area (Å²) in [6.07, 6.45) is 2.71. The van der Waals surface area contributed by atoms with Crippen molar-refractivity contribution < 1.29 is 0 Å². The Balaban J connectivity index is 2.98. The van der Waals surface area contributed by atoms with E-state index >= 15 is 0 Å². The van der Waals surface area contributed by atoms with Gasteiger partial charge in [0.2, 0.25) is 0 Å². The molecule has 0 aromatic carbocycles. The first-order chi connectivity index (χ1) is 4.77. The largest absolute Gasteiger partial charge is 0.154 e. The van der Waals surface area contributed by atoms with Crippen molar-refractivity contribution in [1.82, 2.24) is 0 Å². The number of unbranched alkanes of at least 4 members (excludes halogenated alkanes) is 1. The lowest BCUT2D eigenvalue weighted by Crippen LogP contribution is -1.82. The van der Waals surface area contributed by atoms with Crippen LogP contribution in [0.2, 0.25) is 0 Å². The molecule has 60 valence electrons. The van der Waals surface area contributed by atoms with Gasteiger partial charge in [0.25, 0.3) is 0 Å². The average Bonchev–Trinajstić information content (AvgIpc) is 1.87. The zero-order chi connectivity index (χ0) is 7.82. The quantitative estimate of drug-likeness (QED) is 0.459. The molecule has 0 saturated heterocycles. The van der Waals surface area contributed by atoms with Crippen LogP contribution in [-0.4, -0.2) is 30.6 Å². The predicted molar refractivity (Wildman–Crippen MR) is 57.1 cm³/mol. The summed E-state index contributed by atoms with van der Waals surface area (Å²) in [7, 11) is 0.233. The second-order valence-corrected chi connectivity index (χ2v) is 6.02. The van der Waals surface area contributed by atoms with Crippen molar-refractivity contribution in [3.8, 4) is 0 Å². The lowest BCUT2D eigenvalue weighted by molar-refractivity contribution is 0.897. The lowest BCUT2D eigenvalue weighted by atomic mass is 10.4. The van der Waals surface area contributed by atoms with Gasteiger partial charge >= 0.3 is 0 Å². The first-order valence-electron chi connectivity index (χ1n) is 3.85. The van der Waals surface area contributed by atoms with Crippen LogP contribution in [0.3, 0.4) is 0 Å². The van der Waals surface area contributed by atoms with Gasteiger partial charge in [-0.25, -0.2) is 0 Å². The molecule has 0 spiro atoms. The van der Waals surface area contributed by atoms with E-state index in [4.69, 9.17) is 0 Å². The predicted octanol–water partition coefficient (Wildman–Crippen LogP) is 3.06. The highest BCUT2D eigenvalue weighted by Gasteiger charge is 1.89. The normalized spacial score (nSPS) is 9.50. The summed E-state index contributed by atoms with van der Waals surface area (Å²) in [4.78, 5) is 0. The van der Waals surface area contributed by atoms with E-state index in [9.17, 15) is 0 Å². The monoisotopic (exact) mass is 177 g/mol. The molecule has 0 fully saturated rings. The van der Waals surface area contributed by atoms with Gasteiger partial charge in [-0.15, -0.1) is 0 Å². The number of hydrogen-bond acceptors (Lipinski definition) is 1. The van der Waals surface area contributed by atoms with Crippen LogP contribution in [0.15, 0.2) is 0 Å². The van der Waals surface area contributed by atoms with E-state index in [1.807, 2.05) is 0 Å². The van der Waals surface area contributed by atoms with Crippen molar-refractivity contribution in [1.29, 1.82) is 0 Å². The van der Waals surface area contributed by atoms with Crippen LogP contribution >= 0.6 is 19.3 Å². The Morgan fingerprint density at radius 1 is 1.40 bits per heavy atom. The fourth-order valence-electron chi connectivity index (χ4n) is 0.532. The molecular formula is C8H18PS+. The van der Waals surface area contributed by atoms with Gasteiger partial charge in [0.05, 0.1) is 32.4 Å². The maximum atomic E-state index is 2.44. The third kappa shape index (κ3) is 8.52. The first kappa shape index (κ1) is 10.5. The number of thioether (sulfide) groups is 1. The Hall–Kier alpha value is 0.520. The van der Waals surface area contributed by atoms with Crippen LogP contribution in [0.1, 0.15) is 19.8 Å². The van der Waals surface area contributed by atoms with Gasteiger partial charge in [0.15, 0.2) is 0 Å². The second kappa shape index (κ2) is 7.63. The Morgan fingerprint density at radius 3 is 2.60 bits per heavy atom. The lowest BCUT2D eigenvalue weighted by Gasteiger charge is -1.91. The minimum absolute atomic E-state index is 0.233. The summed E-state index contributed by atoms with van der Waals surface area (Å²) in [5, 5.41) is 0.